The maximum atomic E-state index is 13.3. The minimum Gasteiger partial charge on any atom is -0.462 e. The second-order valence-electron chi connectivity index (χ2n) is 14.0. The Balaban J connectivity index is 1.88. The zero-order valence-corrected chi connectivity index (χ0v) is 30.7. The second kappa shape index (κ2) is 20.0. The third kappa shape index (κ3) is 12.0. The van der Waals surface area contributed by atoms with E-state index in [9.17, 15) is 34.5 Å². The number of ketones is 1. The van der Waals surface area contributed by atoms with E-state index in [-0.39, 0.29) is 25.4 Å². The fourth-order valence-corrected chi connectivity index (χ4v) is 6.59. The number of nitrogens with one attached hydrogen (secondary N) is 1. The Hall–Kier alpha value is -3.46. The SMILES string of the molecule is CC[C@H]1OC(=O)C[C@@H](O)[C@H](C)[C@@H](O[C@@H]2O[C@H](C)[C@@H](O)[C@H](N(C)C)[C@H]2O)C(C=O)C[C@@H](C)C(=O)/C=C\C(C)=C\[C@@H]1COC(=O)NCc1ccccc1. The minimum absolute atomic E-state index is 0.0478. The fraction of sp³-hybridized carbons (Fsp3) is 0.632. The molecule has 12 atom stereocenters. The highest BCUT2D eigenvalue weighted by molar-refractivity contribution is 5.92. The third-order valence-corrected chi connectivity index (χ3v) is 9.74. The Labute approximate surface area is 301 Å². The normalized spacial score (nSPS) is 36.0. The van der Waals surface area contributed by atoms with E-state index in [1.54, 1.807) is 58.8 Å². The average Bonchev–Trinajstić information content (AvgIpc) is 3.10. The molecule has 0 spiro atoms. The molecule has 0 aliphatic carbocycles. The predicted octanol–water partition coefficient (Wildman–Crippen LogP) is 2.95. The summed E-state index contributed by atoms with van der Waals surface area (Å²) >= 11 is 0. The van der Waals surface area contributed by atoms with Crippen molar-refractivity contribution in [1.29, 1.82) is 0 Å². The third-order valence-electron chi connectivity index (χ3n) is 9.74. The highest BCUT2D eigenvalue weighted by Gasteiger charge is 2.47. The molecule has 2 heterocycles. The number of carbonyl (C=O) groups excluding carboxylic acids is 4. The molecule has 0 radical (unpaired) electrons. The number of rotatable bonds is 9. The van der Waals surface area contributed by atoms with E-state index in [2.05, 4.69) is 5.32 Å². The van der Waals surface area contributed by atoms with Gasteiger partial charge in [-0.2, -0.15) is 0 Å². The molecule has 3 rings (SSSR count). The van der Waals surface area contributed by atoms with Crippen LogP contribution in [0.2, 0.25) is 0 Å². The largest absolute Gasteiger partial charge is 0.462 e. The summed E-state index contributed by atoms with van der Waals surface area (Å²) in [5, 5.41) is 36.0. The van der Waals surface area contributed by atoms with Crippen molar-refractivity contribution in [1.82, 2.24) is 10.2 Å². The van der Waals surface area contributed by atoms with Gasteiger partial charge in [0.1, 0.15) is 25.1 Å². The molecular formula is C38H56N2O11. The van der Waals surface area contributed by atoms with Crippen LogP contribution in [-0.4, -0.2) is 114 Å². The number of esters is 1. The minimum atomic E-state index is -1.36. The fourth-order valence-electron chi connectivity index (χ4n) is 6.59. The van der Waals surface area contributed by atoms with Crippen LogP contribution in [0, 0.1) is 23.7 Å². The van der Waals surface area contributed by atoms with Crippen LogP contribution in [0.5, 0.6) is 0 Å². The lowest BCUT2D eigenvalue weighted by Crippen LogP contribution is -2.63. The zero-order chi connectivity index (χ0) is 37.8. The Kier molecular flexibility index (Phi) is 16.4. The molecule has 2 aliphatic heterocycles. The summed E-state index contributed by atoms with van der Waals surface area (Å²) in [4.78, 5) is 53.5. The first-order valence-corrected chi connectivity index (χ1v) is 17.7. The van der Waals surface area contributed by atoms with Gasteiger partial charge < -0.3 is 49.3 Å². The number of cyclic esters (lactones) is 1. The predicted molar refractivity (Wildman–Crippen MR) is 188 cm³/mol. The van der Waals surface area contributed by atoms with Gasteiger partial charge in [0.15, 0.2) is 12.1 Å². The number of ether oxygens (including phenoxy) is 4. The van der Waals surface area contributed by atoms with Gasteiger partial charge in [-0.1, -0.05) is 68.8 Å². The van der Waals surface area contributed by atoms with Crippen LogP contribution >= 0.6 is 0 Å². The van der Waals surface area contributed by atoms with Crippen LogP contribution in [0.1, 0.15) is 59.4 Å². The number of hydrogen-bond acceptors (Lipinski definition) is 12. The summed E-state index contributed by atoms with van der Waals surface area (Å²) in [7, 11) is 3.40. The lowest BCUT2D eigenvalue weighted by atomic mass is 9.81. The van der Waals surface area contributed by atoms with Crippen molar-refractivity contribution in [3.05, 3.63) is 59.7 Å². The van der Waals surface area contributed by atoms with E-state index in [0.717, 1.165) is 5.56 Å². The lowest BCUT2D eigenvalue weighted by molar-refractivity contribution is -0.302. The molecule has 4 N–H and O–H groups in total. The molecule has 51 heavy (non-hydrogen) atoms. The van der Waals surface area contributed by atoms with Crippen LogP contribution in [-0.2, 0) is 39.9 Å². The summed E-state index contributed by atoms with van der Waals surface area (Å²) in [6, 6.07) is 8.59. The van der Waals surface area contributed by atoms with Crippen LogP contribution in [0.25, 0.3) is 0 Å². The molecule has 1 unspecified atom stereocenters. The van der Waals surface area contributed by atoms with Crippen molar-refractivity contribution in [2.75, 3.05) is 20.7 Å². The lowest BCUT2D eigenvalue weighted by Gasteiger charge is -2.46. The molecule has 13 nitrogen and oxygen atoms in total. The molecule has 2 aliphatic rings. The van der Waals surface area contributed by atoms with Crippen LogP contribution < -0.4 is 5.32 Å². The first-order valence-electron chi connectivity index (χ1n) is 17.7. The van der Waals surface area contributed by atoms with Gasteiger partial charge in [0.2, 0.25) is 0 Å². The second-order valence-corrected chi connectivity index (χ2v) is 14.0. The van der Waals surface area contributed by atoms with Gasteiger partial charge in [-0.05, 0) is 52.4 Å². The molecule has 0 aromatic heterocycles. The molecule has 1 aromatic carbocycles. The smallest absolute Gasteiger partial charge is 0.407 e. The Morgan fingerprint density at radius 1 is 1.06 bits per heavy atom. The number of hydrogen-bond donors (Lipinski definition) is 4. The van der Waals surface area contributed by atoms with Gasteiger partial charge in [0.05, 0.1) is 36.9 Å². The zero-order valence-electron chi connectivity index (χ0n) is 30.7. The van der Waals surface area contributed by atoms with Crippen molar-refractivity contribution < 1.29 is 53.4 Å². The van der Waals surface area contributed by atoms with Gasteiger partial charge >= 0.3 is 12.1 Å². The highest BCUT2D eigenvalue weighted by atomic mass is 16.7. The Morgan fingerprint density at radius 2 is 1.75 bits per heavy atom. The number of likely N-dealkylation sites (N-methyl/N-ethyl adjacent to an activating group) is 1. The van der Waals surface area contributed by atoms with Gasteiger partial charge in [-0.3, -0.25) is 9.59 Å². The molecule has 0 saturated carbocycles. The Morgan fingerprint density at radius 3 is 2.37 bits per heavy atom. The summed E-state index contributed by atoms with van der Waals surface area (Å²) in [6.45, 7) is 8.66. The number of nitrogens with zero attached hydrogens (tertiary/aromatic N) is 1. The van der Waals surface area contributed by atoms with E-state index >= 15 is 0 Å². The van der Waals surface area contributed by atoms with Crippen molar-refractivity contribution in [2.45, 2.75) is 109 Å². The van der Waals surface area contributed by atoms with E-state index in [1.165, 1.54) is 6.08 Å². The molecule has 284 valence electrons. The molecule has 1 fully saturated rings. The van der Waals surface area contributed by atoms with E-state index in [4.69, 9.17) is 18.9 Å². The van der Waals surface area contributed by atoms with E-state index in [1.807, 2.05) is 37.3 Å². The van der Waals surface area contributed by atoms with Gasteiger partial charge in [0.25, 0.3) is 0 Å². The quantitative estimate of drug-likeness (QED) is 0.217. The highest BCUT2D eigenvalue weighted by Crippen LogP contribution is 2.32. The molecular weight excluding hydrogens is 660 g/mol. The molecule has 13 heteroatoms. The number of alkyl carbamates (subject to hydrolysis) is 1. The van der Waals surface area contributed by atoms with Crippen LogP contribution in [0.15, 0.2) is 54.1 Å². The number of amides is 1. The monoisotopic (exact) mass is 716 g/mol. The van der Waals surface area contributed by atoms with Crippen LogP contribution in [0.3, 0.4) is 0 Å². The molecule has 0 bridgehead atoms. The molecule has 1 aromatic rings. The summed E-state index contributed by atoms with van der Waals surface area (Å²) in [5.74, 6) is -3.99. The average molecular weight is 717 g/mol. The first-order chi connectivity index (χ1) is 24.2. The van der Waals surface area contributed by atoms with Crippen molar-refractivity contribution in [2.24, 2.45) is 23.7 Å². The van der Waals surface area contributed by atoms with Gasteiger partial charge in [0, 0.05) is 30.2 Å². The number of benzene rings is 1. The van der Waals surface area contributed by atoms with Crippen molar-refractivity contribution >= 4 is 24.1 Å². The summed E-state index contributed by atoms with van der Waals surface area (Å²) in [6.07, 6.45) is -2.81. The Bertz CT molecular complexity index is 1350. The number of carbonyl (C=O) groups is 4. The first kappa shape index (κ1) is 42.0. The summed E-state index contributed by atoms with van der Waals surface area (Å²) in [5.41, 5.74) is 1.56. The summed E-state index contributed by atoms with van der Waals surface area (Å²) < 4.78 is 23.5. The molecule has 1 amide bonds. The maximum absolute atomic E-state index is 13.3. The van der Waals surface area contributed by atoms with Crippen molar-refractivity contribution in [3.8, 4) is 0 Å². The van der Waals surface area contributed by atoms with Gasteiger partial charge in [-0.15, -0.1) is 0 Å². The maximum Gasteiger partial charge on any atom is 0.407 e. The van der Waals surface area contributed by atoms with E-state index < -0.39 is 91.1 Å². The van der Waals surface area contributed by atoms with Crippen molar-refractivity contribution in [3.63, 3.8) is 0 Å². The number of allylic oxidation sites excluding steroid dienone is 3. The van der Waals surface area contributed by atoms with E-state index in [0.29, 0.717) is 18.3 Å². The number of aldehydes is 1. The topological polar surface area (TPSA) is 181 Å². The van der Waals surface area contributed by atoms with Crippen LogP contribution in [0.4, 0.5) is 4.79 Å². The standard InChI is InChI=1S/C38H56N2O11/c1-8-31-28(21-48-38(47)39-19-26-12-10-9-11-13-26)16-22(2)14-15-29(42)23(3)17-27(20-41)36(24(4)30(43)18-32(44)50-31)51-37-35(46)33(40(6)7)34(45)25(5)49-37/h9-16,20,23-25,27-28,30-31,33-37,43,45-46H,8,17-19,21H2,1-7H3,(H,39,47)/b15-14-,22-16+/t23-,24+,25-,27?,28-,30-,31-,33+,34-,35-,36-,37+/m1/s1. The van der Waals surface area contributed by atoms with Gasteiger partial charge in [-0.25, -0.2) is 4.79 Å². The number of aliphatic hydroxyl groups is 3. The number of aliphatic hydroxyl groups excluding tert-OH is 3. The molecule has 1 saturated heterocycles.